The van der Waals surface area contributed by atoms with Crippen LogP contribution in [0, 0.1) is 0 Å². The molecule has 106 valence electrons. The number of hydrogen-bond acceptors (Lipinski definition) is 5. The van der Waals surface area contributed by atoms with Gasteiger partial charge in [-0.2, -0.15) is 4.98 Å². The predicted molar refractivity (Wildman–Crippen MR) is 77.5 cm³/mol. The summed E-state index contributed by atoms with van der Waals surface area (Å²) in [6, 6.07) is 17.2. The van der Waals surface area contributed by atoms with Crippen molar-refractivity contribution in [1.82, 2.24) is 10.1 Å². The maximum Gasteiger partial charge on any atom is 0.213 e. The molecule has 0 spiro atoms. The molecule has 3 aromatic rings. The van der Waals surface area contributed by atoms with E-state index >= 15 is 0 Å². The Morgan fingerprint density at radius 3 is 2.48 bits per heavy atom. The molecular formula is C16H15N3O2. The maximum absolute atomic E-state index is 6.05. The third kappa shape index (κ3) is 3.27. The van der Waals surface area contributed by atoms with Crippen LogP contribution in [0.3, 0.4) is 0 Å². The molecule has 21 heavy (non-hydrogen) atoms. The standard InChI is InChI=1S/C16H15N3O2/c17-15(16-18-11-21-19-16)13-6-8-14(9-7-13)20-10-12-4-2-1-3-5-12/h1-9,11,15H,10,17H2. The Morgan fingerprint density at radius 1 is 1.05 bits per heavy atom. The van der Waals surface area contributed by atoms with Gasteiger partial charge in [-0.05, 0) is 23.3 Å². The average Bonchev–Trinajstić information content (AvgIpc) is 3.08. The van der Waals surface area contributed by atoms with Gasteiger partial charge in [-0.25, -0.2) is 0 Å². The zero-order valence-corrected chi connectivity index (χ0v) is 11.3. The summed E-state index contributed by atoms with van der Waals surface area (Å²) in [4.78, 5) is 3.96. The van der Waals surface area contributed by atoms with Crippen molar-refractivity contribution < 1.29 is 9.26 Å². The lowest BCUT2D eigenvalue weighted by Gasteiger charge is -2.10. The summed E-state index contributed by atoms with van der Waals surface area (Å²) in [5.41, 5.74) is 8.09. The van der Waals surface area contributed by atoms with E-state index in [2.05, 4.69) is 10.1 Å². The number of hydrogen-bond donors (Lipinski definition) is 1. The van der Waals surface area contributed by atoms with Gasteiger partial charge in [0.2, 0.25) is 6.39 Å². The fraction of sp³-hybridized carbons (Fsp3) is 0.125. The van der Waals surface area contributed by atoms with Crippen LogP contribution in [0.25, 0.3) is 0 Å². The lowest BCUT2D eigenvalue weighted by Crippen LogP contribution is -2.13. The molecule has 0 aliphatic rings. The molecule has 0 amide bonds. The first-order chi connectivity index (χ1) is 10.3. The van der Waals surface area contributed by atoms with Gasteiger partial charge < -0.3 is 15.0 Å². The van der Waals surface area contributed by atoms with Crippen LogP contribution in [0.1, 0.15) is 23.0 Å². The van der Waals surface area contributed by atoms with Gasteiger partial charge >= 0.3 is 0 Å². The molecule has 0 bridgehead atoms. The van der Waals surface area contributed by atoms with Crippen LogP contribution in [0.15, 0.2) is 65.5 Å². The number of rotatable bonds is 5. The van der Waals surface area contributed by atoms with Crippen LogP contribution < -0.4 is 10.5 Å². The molecule has 2 aromatic carbocycles. The van der Waals surface area contributed by atoms with Crippen molar-refractivity contribution in [1.29, 1.82) is 0 Å². The number of nitrogens with zero attached hydrogens (tertiary/aromatic N) is 2. The Balaban J connectivity index is 1.64. The zero-order chi connectivity index (χ0) is 14.5. The van der Waals surface area contributed by atoms with E-state index < -0.39 is 6.04 Å². The van der Waals surface area contributed by atoms with E-state index in [1.807, 2.05) is 54.6 Å². The van der Waals surface area contributed by atoms with Crippen LogP contribution in [-0.4, -0.2) is 10.1 Å². The minimum Gasteiger partial charge on any atom is -0.489 e. The molecule has 5 nitrogen and oxygen atoms in total. The number of benzene rings is 2. The topological polar surface area (TPSA) is 74.2 Å². The Morgan fingerprint density at radius 2 is 1.81 bits per heavy atom. The van der Waals surface area contributed by atoms with E-state index in [1.165, 1.54) is 6.39 Å². The molecule has 0 aliphatic carbocycles. The molecule has 0 saturated carbocycles. The second kappa shape index (κ2) is 6.19. The zero-order valence-electron chi connectivity index (χ0n) is 11.3. The highest BCUT2D eigenvalue weighted by atomic mass is 16.5. The molecule has 0 radical (unpaired) electrons. The van der Waals surface area contributed by atoms with Gasteiger partial charge in [0.15, 0.2) is 5.82 Å². The van der Waals surface area contributed by atoms with Crippen molar-refractivity contribution in [3.05, 3.63) is 77.9 Å². The number of aromatic nitrogens is 2. The SMILES string of the molecule is NC(c1ccc(OCc2ccccc2)cc1)c1ncon1. The van der Waals surface area contributed by atoms with Gasteiger partial charge in [0.1, 0.15) is 12.4 Å². The normalized spacial score (nSPS) is 12.0. The molecule has 1 unspecified atom stereocenters. The maximum atomic E-state index is 6.05. The first-order valence-electron chi connectivity index (χ1n) is 6.61. The summed E-state index contributed by atoms with van der Waals surface area (Å²) in [6.07, 6.45) is 1.27. The Hall–Kier alpha value is -2.66. The Labute approximate surface area is 122 Å². The van der Waals surface area contributed by atoms with Crippen molar-refractivity contribution in [3.8, 4) is 5.75 Å². The predicted octanol–water partition coefficient (Wildman–Crippen LogP) is 2.70. The van der Waals surface area contributed by atoms with E-state index in [0.29, 0.717) is 12.4 Å². The molecule has 1 heterocycles. The van der Waals surface area contributed by atoms with Crippen molar-refractivity contribution in [2.45, 2.75) is 12.6 Å². The van der Waals surface area contributed by atoms with Gasteiger partial charge in [-0.1, -0.05) is 47.6 Å². The van der Waals surface area contributed by atoms with E-state index in [1.54, 1.807) is 0 Å². The van der Waals surface area contributed by atoms with Gasteiger partial charge in [0.05, 0.1) is 6.04 Å². The molecule has 3 rings (SSSR count). The summed E-state index contributed by atoms with van der Waals surface area (Å²) in [5.74, 6) is 1.26. The number of nitrogens with two attached hydrogens (primary N) is 1. The Kier molecular flexibility index (Phi) is 3.93. The highest BCUT2D eigenvalue weighted by Crippen LogP contribution is 2.20. The molecule has 1 atom stereocenters. The minimum atomic E-state index is -0.396. The van der Waals surface area contributed by atoms with Crippen LogP contribution in [0.5, 0.6) is 5.75 Å². The average molecular weight is 281 g/mol. The molecule has 0 fully saturated rings. The van der Waals surface area contributed by atoms with Crippen molar-refractivity contribution in [2.24, 2.45) is 5.73 Å². The lowest BCUT2D eigenvalue weighted by molar-refractivity contribution is 0.306. The second-order valence-corrected chi connectivity index (χ2v) is 4.61. The first-order valence-corrected chi connectivity index (χ1v) is 6.61. The van der Waals surface area contributed by atoms with E-state index in [4.69, 9.17) is 15.0 Å². The smallest absolute Gasteiger partial charge is 0.213 e. The number of ether oxygens (including phenoxy) is 1. The largest absolute Gasteiger partial charge is 0.489 e. The first kappa shape index (κ1) is 13.3. The summed E-state index contributed by atoms with van der Waals surface area (Å²) in [5, 5.41) is 3.75. The van der Waals surface area contributed by atoms with E-state index in [9.17, 15) is 0 Å². The summed E-state index contributed by atoms with van der Waals surface area (Å²) in [6.45, 7) is 0.539. The minimum absolute atomic E-state index is 0.396. The highest BCUT2D eigenvalue weighted by Gasteiger charge is 2.13. The van der Waals surface area contributed by atoms with Crippen LogP contribution in [0.4, 0.5) is 0 Å². The third-order valence-corrected chi connectivity index (χ3v) is 3.14. The highest BCUT2D eigenvalue weighted by molar-refractivity contribution is 5.31. The summed E-state index contributed by atoms with van der Waals surface area (Å²) >= 11 is 0. The van der Waals surface area contributed by atoms with Gasteiger partial charge in [-0.3, -0.25) is 0 Å². The molecule has 0 aliphatic heterocycles. The van der Waals surface area contributed by atoms with Crippen molar-refractivity contribution in [3.63, 3.8) is 0 Å². The van der Waals surface area contributed by atoms with E-state index in [0.717, 1.165) is 16.9 Å². The third-order valence-electron chi connectivity index (χ3n) is 3.14. The van der Waals surface area contributed by atoms with Crippen LogP contribution in [0.2, 0.25) is 0 Å². The van der Waals surface area contributed by atoms with Gasteiger partial charge in [0.25, 0.3) is 0 Å². The van der Waals surface area contributed by atoms with Crippen molar-refractivity contribution >= 4 is 0 Å². The molecule has 5 heteroatoms. The fourth-order valence-corrected chi connectivity index (χ4v) is 1.98. The van der Waals surface area contributed by atoms with Gasteiger partial charge in [0, 0.05) is 0 Å². The quantitative estimate of drug-likeness (QED) is 0.778. The lowest BCUT2D eigenvalue weighted by atomic mass is 10.1. The molecule has 2 N–H and O–H groups in total. The van der Waals surface area contributed by atoms with E-state index in [-0.39, 0.29) is 0 Å². The molecular weight excluding hydrogens is 266 g/mol. The second-order valence-electron chi connectivity index (χ2n) is 4.61. The summed E-state index contributed by atoms with van der Waals surface area (Å²) < 4.78 is 10.4. The fourth-order valence-electron chi connectivity index (χ4n) is 1.98. The van der Waals surface area contributed by atoms with Crippen LogP contribution >= 0.6 is 0 Å². The van der Waals surface area contributed by atoms with Crippen LogP contribution in [-0.2, 0) is 6.61 Å². The Bertz CT molecular complexity index is 667. The van der Waals surface area contributed by atoms with Gasteiger partial charge in [-0.15, -0.1) is 0 Å². The summed E-state index contributed by atoms with van der Waals surface area (Å²) in [7, 11) is 0. The molecule has 1 aromatic heterocycles. The van der Waals surface area contributed by atoms with Crippen molar-refractivity contribution in [2.75, 3.05) is 0 Å². The molecule has 0 saturated heterocycles. The monoisotopic (exact) mass is 281 g/mol.